The van der Waals surface area contributed by atoms with Gasteiger partial charge in [0.1, 0.15) is 12.3 Å². The van der Waals surface area contributed by atoms with Crippen molar-refractivity contribution >= 4 is 30.9 Å². The molecule has 3 heterocycles. The Bertz CT molecular complexity index is 824. The van der Waals surface area contributed by atoms with Crippen molar-refractivity contribution in [1.29, 1.82) is 0 Å². The molecule has 3 rings (SSSR count). The van der Waals surface area contributed by atoms with Gasteiger partial charge in [-0.25, -0.2) is 9.97 Å². The number of anilines is 2. The van der Waals surface area contributed by atoms with Crippen molar-refractivity contribution in [3.63, 3.8) is 0 Å². The Labute approximate surface area is 165 Å². The molecule has 0 aliphatic carbocycles. The number of aromatic nitrogens is 4. The fourth-order valence-corrected chi connectivity index (χ4v) is 2.65. The van der Waals surface area contributed by atoms with Gasteiger partial charge in [0.05, 0.1) is 24.5 Å². The molecular weight excluding hydrogens is 364 g/mol. The number of pyridine rings is 1. The molecule has 0 amide bonds. The van der Waals surface area contributed by atoms with Gasteiger partial charge in [0.15, 0.2) is 11.6 Å². The molecule has 27 heavy (non-hydrogen) atoms. The summed E-state index contributed by atoms with van der Waals surface area (Å²) in [6.07, 6.45) is 8.29. The van der Waals surface area contributed by atoms with E-state index in [0.717, 1.165) is 30.6 Å². The average Bonchev–Trinajstić information content (AvgIpc) is 3.07. The van der Waals surface area contributed by atoms with Crippen molar-refractivity contribution in [2.75, 3.05) is 17.7 Å². The highest BCUT2D eigenvalue weighted by molar-refractivity contribution is 7.59. The Kier molecular flexibility index (Phi) is 7.68. The lowest BCUT2D eigenvalue weighted by molar-refractivity contribution is 0.265. The van der Waals surface area contributed by atoms with Crippen molar-refractivity contribution in [1.82, 2.24) is 19.4 Å². The first kappa shape index (κ1) is 20.8. The molecular formula is C18H26N6O2S. The molecule has 0 bridgehead atoms. The van der Waals surface area contributed by atoms with Crippen LogP contribution in [0.2, 0.25) is 0 Å². The Balaban J connectivity index is 0.00000261. The van der Waals surface area contributed by atoms with Crippen LogP contribution in [0.4, 0.5) is 11.8 Å². The first-order valence-electron chi connectivity index (χ1n) is 8.75. The van der Waals surface area contributed by atoms with Crippen molar-refractivity contribution in [3.05, 3.63) is 42.5 Å². The van der Waals surface area contributed by atoms with Crippen LogP contribution < -0.4 is 15.8 Å². The largest absolute Gasteiger partial charge is 0.482 e. The summed E-state index contributed by atoms with van der Waals surface area (Å²) in [6.45, 7) is 2.40. The van der Waals surface area contributed by atoms with Crippen molar-refractivity contribution in [2.45, 2.75) is 38.8 Å². The van der Waals surface area contributed by atoms with Crippen LogP contribution >= 0.6 is 13.5 Å². The Morgan fingerprint density at radius 1 is 1.33 bits per heavy atom. The zero-order valence-corrected chi connectivity index (χ0v) is 16.3. The van der Waals surface area contributed by atoms with E-state index in [4.69, 9.17) is 10.5 Å². The van der Waals surface area contributed by atoms with E-state index in [2.05, 4.69) is 27.2 Å². The number of nitrogens with two attached hydrogens (primary N) is 1. The van der Waals surface area contributed by atoms with E-state index in [1.807, 2.05) is 35.0 Å². The van der Waals surface area contributed by atoms with Crippen molar-refractivity contribution in [3.8, 4) is 5.75 Å². The molecule has 0 aliphatic rings. The molecule has 0 fully saturated rings. The number of hydrogen-bond acceptors (Lipinski definition) is 7. The maximum Gasteiger partial charge on any atom is 0.222 e. The fraction of sp³-hybridized carbons (Fsp3) is 0.389. The fourth-order valence-electron chi connectivity index (χ4n) is 2.65. The van der Waals surface area contributed by atoms with Crippen LogP contribution in [-0.2, 0) is 6.61 Å². The smallest absolute Gasteiger partial charge is 0.222 e. The highest BCUT2D eigenvalue weighted by atomic mass is 32.1. The molecule has 146 valence electrons. The van der Waals surface area contributed by atoms with E-state index in [-0.39, 0.29) is 38.7 Å². The molecule has 4 N–H and O–H groups in total. The molecule has 0 spiro atoms. The average molecular weight is 391 g/mol. The van der Waals surface area contributed by atoms with Crippen LogP contribution in [-0.4, -0.2) is 37.1 Å². The van der Waals surface area contributed by atoms with Crippen molar-refractivity contribution < 1.29 is 9.84 Å². The third-order valence-corrected chi connectivity index (χ3v) is 4.03. The van der Waals surface area contributed by atoms with Crippen molar-refractivity contribution in [2.24, 2.45) is 0 Å². The van der Waals surface area contributed by atoms with Gasteiger partial charge < -0.3 is 25.3 Å². The van der Waals surface area contributed by atoms with Gasteiger partial charge in [0, 0.05) is 12.4 Å². The number of rotatable bonds is 9. The molecule has 0 aliphatic heterocycles. The van der Waals surface area contributed by atoms with Gasteiger partial charge >= 0.3 is 0 Å². The molecule has 3 aromatic heterocycles. The molecule has 0 saturated heterocycles. The lowest BCUT2D eigenvalue weighted by atomic mass is 10.1. The van der Waals surface area contributed by atoms with Crippen LogP contribution in [0.25, 0.3) is 5.65 Å². The van der Waals surface area contributed by atoms with Crippen LogP contribution in [0.3, 0.4) is 0 Å². The molecule has 1 atom stereocenters. The van der Waals surface area contributed by atoms with Gasteiger partial charge in [0.2, 0.25) is 5.95 Å². The Hall–Kier alpha value is -2.52. The normalized spacial score (nSPS) is 11.8. The second kappa shape index (κ2) is 9.98. The zero-order valence-electron chi connectivity index (χ0n) is 15.3. The van der Waals surface area contributed by atoms with E-state index in [9.17, 15) is 5.11 Å². The maximum atomic E-state index is 9.57. The highest BCUT2D eigenvalue weighted by Crippen LogP contribution is 2.24. The SMILES string of the molecule is CCCC[C@@H](CO)Nc1nc(N)ncc1OCc1cn2ccccc2n1.S. The summed E-state index contributed by atoms with van der Waals surface area (Å²) < 4.78 is 7.79. The standard InChI is InChI=1S/C18H24N6O2.H2S/c1-2-3-6-13(11-25)22-17-15(9-20-18(19)23-17)26-12-14-10-24-8-5-4-7-16(24)21-14;/h4-5,7-10,13,25H,2-3,6,11-12H2,1H3,(H3,19,20,22,23);1H2/t13-;/m0./s1. The summed E-state index contributed by atoms with van der Waals surface area (Å²) in [6, 6.07) is 5.71. The molecule has 0 aromatic carbocycles. The van der Waals surface area contributed by atoms with Gasteiger partial charge in [-0.05, 0) is 18.6 Å². The van der Waals surface area contributed by atoms with E-state index in [1.54, 1.807) is 0 Å². The first-order valence-corrected chi connectivity index (χ1v) is 8.75. The number of nitrogens with zero attached hydrogens (tertiary/aromatic N) is 4. The third-order valence-electron chi connectivity index (χ3n) is 4.03. The van der Waals surface area contributed by atoms with Crippen LogP contribution in [0.5, 0.6) is 5.75 Å². The number of aliphatic hydroxyl groups excluding tert-OH is 1. The minimum absolute atomic E-state index is 0. The van der Waals surface area contributed by atoms with E-state index >= 15 is 0 Å². The summed E-state index contributed by atoms with van der Waals surface area (Å²) in [7, 11) is 0. The van der Waals surface area contributed by atoms with E-state index in [0.29, 0.717) is 11.6 Å². The summed E-state index contributed by atoms with van der Waals surface area (Å²) >= 11 is 0. The lowest BCUT2D eigenvalue weighted by Crippen LogP contribution is -2.25. The molecule has 8 nitrogen and oxygen atoms in total. The van der Waals surface area contributed by atoms with Gasteiger partial charge in [-0.3, -0.25) is 0 Å². The molecule has 3 aromatic rings. The summed E-state index contributed by atoms with van der Waals surface area (Å²) in [5.74, 6) is 1.11. The second-order valence-corrected chi connectivity index (χ2v) is 6.09. The maximum absolute atomic E-state index is 9.57. The quantitative estimate of drug-likeness (QED) is 0.514. The van der Waals surface area contributed by atoms with Crippen LogP contribution in [0.1, 0.15) is 31.9 Å². The molecule has 0 radical (unpaired) electrons. The number of aliphatic hydroxyl groups is 1. The highest BCUT2D eigenvalue weighted by Gasteiger charge is 2.14. The predicted molar refractivity (Wildman–Crippen MR) is 110 cm³/mol. The molecule has 0 saturated carbocycles. The molecule has 0 unspecified atom stereocenters. The lowest BCUT2D eigenvalue weighted by Gasteiger charge is -2.18. The third kappa shape index (κ3) is 5.48. The predicted octanol–water partition coefficient (Wildman–Crippen LogP) is 2.36. The summed E-state index contributed by atoms with van der Waals surface area (Å²) in [4.78, 5) is 12.7. The van der Waals surface area contributed by atoms with Gasteiger partial charge in [-0.2, -0.15) is 18.5 Å². The topological polar surface area (TPSA) is 111 Å². The number of imidazole rings is 1. The zero-order chi connectivity index (χ0) is 18.4. The number of unbranched alkanes of at least 4 members (excludes halogenated alkanes) is 1. The van der Waals surface area contributed by atoms with Gasteiger partial charge in [-0.1, -0.05) is 25.8 Å². The van der Waals surface area contributed by atoms with E-state index < -0.39 is 0 Å². The number of fused-ring (bicyclic) bond motifs is 1. The Morgan fingerprint density at radius 3 is 2.93 bits per heavy atom. The van der Waals surface area contributed by atoms with Gasteiger partial charge in [-0.15, -0.1) is 0 Å². The number of ether oxygens (including phenoxy) is 1. The number of nitrogen functional groups attached to an aromatic ring is 1. The van der Waals surface area contributed by atoms with Gasteiger partial charge in [0.25, 0.3) is 0 Å². The van der Waals surface area contributed by atoms with Crippen LogP contribution in [0.15, 0.2) is 36.8 Å². The number of hydrogen-bond donors (Lipinski definition) is 3. The monoisotopic (exact) mass is 390 g/mol. The first-order chi connectivity index (χ1) is 12.7. The number of nitrogens with one attached hydrogen (secondary N) is 1. The van der Waals surface area contributed by atoms with E-state index in [1.165, 1.54) is 6.20 Å². The Morgan fingerprint density at radius 2 is 2.19 bits per heavy atom. The minimum atomic E-state index is -0.109. The summed E-state index contributed by atoms with van der Waals surface area (Å²) in [5.41, 5.74) is 7.36. The van der Waals surface area contributed by atoms with Crippen LogP contribution in [0, 0.1) is 0 Å². The second-order valence-electron chi connectivity index (χ2n) is 6.09. The minimum Gasteiger partial charge on any atom is -0.482 e. The summed E-state index contributed by atoms with van der Waals surface area (Å²) in [5, 5.41) is 12.8. The molecule has 9 heteroatoms.